The molecular formula is C23H31FN6O3. The van der Waals surface area contributed by atoms with Crippen LogP contribution < -0.4 is 4.90 Å². The van der Waals surface area contributed by atoms with Crippen molar-refractivity contribution in [2.24, 2.45) is 5.92 Å². The minimum atomic E-state index is -0.523. The van der Waals surface area contributed by atoms with Gasteiger partial charge in [0.1, 0.15) is 5.82 Å². The van der Waals surface area contributed by atoms with E-state index in [1.165, 1.54) is 19.2 Å². The van der Waals surface area contributed by atoms with Crippen LogP contribution >= 0.6 is 0 Å². The predicted molar refractivity (Wildman–Crippen MR) is 120 cm³/mol. The van der Waals surface area contributed by atoms with Crippen LogP contribution in [-0.2, 0) is 9.53 Å². The Labute approximate surface area is 193 Å². The number of esters is 1. The summed E-state index contributed by atoms with van der Waals surface area (Å²) in [5.41, 5.74) is 1.14. The third-order valence-electron chi connectivity index (χ3n) is 6.33. The maximum Gasteiger partial charge on any atom is 0.360 e. The van der Waals surface area contributed by atoms with E-state index >= 15 is 0 Å². The number of rotatable bonds is 6. The summed E-state index contributed by atoms with van der Waals surface area (Å²) in [6.45, 7) is 8.44. The molecule has 4 rings (SSSR count). The maximum atomic E-state index is 13.5. The average Bonchev–Trinajstić information content (AvgIpc) is 3.46. The SMILES string of the molecule is COC(=O)c1cn([C@H]2C[C@@H](C(=O)N3CCN(c4ccc(F)cc4)CC3)N(CC(C)C)C2)nn1. The number of hydrogen-bond donors (Lipinski definition) is 0. The Hall–Kier alpha value is -3.01. The summed E-state index contributed by atoms with van der Waals surface area (Å²) in [7, 11) is 1.31. The lowest BCUT2D eigenvalue weighted by Gasteiger charge is -2.38. The summed E-state index contributed by atoms with van der Waals surface area (Å²) in [4.78, 5) is 31.6. The van der Waals surface area contributed by atoms with E-state index in [1.54, 1.807) is 23.0 Å². The lowest BCUT2D eigenvalue weighted by Crippen LogP contribution is -2.54. The number of amides is 1. The molecule has 0 saturated carbocycles. The Balaban J connectivity index is 1.42. The Kier molecular flexibility index (Phi) is 6.92. The smallest absolute Gasteiger partial charge is 0.360 e. The van der Waals surface area contributed by atoms with E-state index in [9.17, 15) is 14.0 Å². The van der Waals surface area contributed by atoms with Gasteiger partial charge in [0.2, 0.25) is 5.91 Å². The Morgan fingerprint density at radius 3 is 2.48 bits per heavy atom. The van der Waals surface area contributed by atoms with Gasteiger partial charge in [-0.15, -0.1) is 5.10 Å². The van der Waals surface area contributed by atoms with Gasteiger partial charge in [0.25, 0.3) is 0 Å². The van der Waals surface area contributed by atoms with Crippen molar-refractivity contribution >= 4 is 17.6 Å². The summed E-state index contributed by atoms with van der Waals surface area (Å²) in [6, 6.07) is 6.21. The van der Waals surface area contributed by atoms with E-state index in [-0.39, 0.29) is 29.5 Å². The quantitative estimate of drug-likeness (QED) is 0.611. The van der Waals surface area contributed by atoms with Gasteiger partial charge in [0.15, 0.2) is 5.69 Å². The molecule has 2 fully saturated rings. The molecule has 2 saturated heterocycles. The first-order chi connectivity index (χ1) is 15.9. The number of halogens is 1. The van der Waals surface area contributed by atoms with E-state index < -0.39 is 5.97 Å². The highest BCUT2D eigenvalue weighted by molar-refractivity contribution is 5.86. The fourth-order valence-electron chi connectivity index (χ4n) is 4.70. The number of anilines is 1. The van der Waals surface area contributed by atoms with E-state index in [4.69, 9.17) is 4.74 Å². The number of likely N-dealkylation sites (tertiary alicyclic amines) is 1. The number of benzene rings is 1. The minimum absolute atomic E-state index is 0.0379. The molecule has 33 heavy (non-hydrogen) atoms. The van der Waals surface area contributed by atoms with E-state index in [1.807, 2.05) is 4.90 Å². The number of piperazine rings is 1. The number of carbonyl (C=O) groups is 2. The monoisotopic (exact) mass is 458 g/mol. The van der Waals surface area contributed by atoms with Crippen LogP contribution in [0.1, 0.15) is 36.8 Å². The van der Waals surface area contributed by atoms with Gasteiger partial charge >= 0.3 is 5.97 Å². The molecule has 0 spiro atoms. The summed E-state index contributed by atoms with van der Waals surface area (Å²) in [6.07, 6.45) is 2.21. The maximum absolute atomic E-state index is 13.5. The number of carbonyl (C=O) groups excluding carboxylic acids is 2. The van der Waals surface area contributed by atoms with E-state index in [2.05, 4.69) is 34.0 Å². The van der Waals surface area contributed by atoms with Crippen LogP contribution in [0.3, 0.4) is 0 Å². The second-order valence-corrected chi connectivity index (χ2v) is 9.12. The minimum Gasteiger partial charge on any atom is -0.464 e. The van der Waals surface area contributed by atoms with E-state index in [0.717, 1.165) is 12.2 Å². The molecule has 2 aromatic rings. The second-order valence-electron chi connectivity index (χ2n) is 9.12. The average molecular weight is 459 g/mol. The van der Waals surface area contributed by atoms with Crippen molar-refractivity contribution in [1.29, 1.82) is 0 Å². The molecule has 0 aliphatic carbocycles. The highest BCUT2D eigenvalue weighted by Gasteiger charge is 2.40. The molecule has 3 heterocycles. The van der Waals surface area contributed by atoms with Crippen molar-refractivity contribution in [2.75, 3.05) is 51.3 Å². The molecule has 1 aromatic heterocycles. The van der Waals surface area contributed by atoms with Gasteiger partial charge in [0.05, 0.1) is 25.4 Å². The van der Waals surface area contributed by atoms with Gasteiger partial charge in [0, 0.05) is 45.0 Å². The summed E-state index contributed by atoms with van der Waals surface area (Å²) < 4.78 is 19.6. The van der Waals surface area contributed by atoms with Crippen LogP contribution in [0.4, 0.5) is 10.1 Å². The van der Waals surface area contributed by atoms with Crippen LogP contribution in [0, 0.1) is 11.7 Å². The van der Waals surface area contributed by atoms with Crippen LogP contribution in [-0.4, -0.2) is 89.1 Å². The molecule has 0 radical (unpaired) electrons. The molecule has 2 aliphatic rings. The Morgan fingerprint density at radius 1 is 1.15 bits per heavy atom. The molecule has 1 amide bonds. The van der Waals surface area contributed by atoms with Gasteiger partial charge in [-0.05, 0) is 36.6 Å². The summed E-state index contributed by atoms with van der Waals surface area (Å²) >= 11 is 0. The molecule has 1 aromatic carbocycles. The van der Waals surface area contributed by atoms with Crippen molar-refractivity contribution in [2.45, 2.75) is 32.4 Å². The lowest BCUT2D eigenvalue weighted by atomic mass is 10.1. The zero-order chi connectivity index (χ0) is 23.5. The summed E-state index contributed by atoms with van der Waals surface area (Å²) in [5.74, 6) is -0.231. The van der Waals surface area contributed by atoms with Gasteiger partial charge in [-0.25, -0.2) is 13.9 Å². The van der Waals surface area contributed by atoms with Crippen molar-refractivity contribution in [1.82, 2.24) is 24.8 Å². The molecule has 0 N–H and O–H groups in total. The highest BCUT2D eigenvalue weighted by atomic mass is 19.1. The number of aromatic nitrogens is 3. The normalized spacial score (nSPS) is 21.6. The van der Waals surface area contributed by atoms with Gasteiger partial charge in [-0.1, -0.05) is 19.1 Å². The predicted octanol–water partition coefficient (Wildman–Crippen LogP) is 1.82. The third kappa shape index (κ3) is 5.16. The largest absolute Gasteiger partial charge is 0.464 e. The standard InChI is InChI=1S/C23H31FN6O3/c1-16(2)13-29-14-19(30-15-20(25-26-30)23(32)33-3)12-21(29)22(31)28-10-8-27(9-11-28)18-6-4-17(24)5-7-18/h4-7,15-16,19,21H,8-14H2,1-3H3/t19-,21-/m0/s1. The number of ether oxygens (including phenoxy) is 1. The Morgan fingerprint density at radius 2 is 1.85 bits per heavy atom. The van der Waals surface area contributed by atoms with Gasteiger partial charge in [-0.3, -0.25) is 9.69 Å². The van der Waals surface area contributed by atoms with Crippen LogP contribution in [0.15, 0.2) is 30.5 Å². The zero-order valence-corrected chi connectivity index (χ0v) is 19.4. The van der Waals surface area contributed by atoms with Crippen molar-refractivity contribution in [3.8, 4) is 0 Å². The first-order valence-electron chi connectivity index (χ1n) is 11.4. The molecule has 178 valence electrons. The zero-order valence-electron chi connectivity index (χ0n) is 19.4. The number of nitrogens with zero attached hydrogens (tertiary/aromatic N) is 6. The van der Waals surface area contributed by atoms with Crippen LogP contribution in [0.2, 0.25) is 0 Å². The molecule has 10 heteroatoms. The number of methoxy groups -OCH3 is 1. The van der Waals surface area contributed by atoms with E-state index in [0.29, 0.717) is 45.1 Å². The first kappa shape index (κ1) is 23.2. The fourth-order valence-corrected chi connectivity index (χ4v) is 4.70. The third-order valence-corrected chi connectivity index (χ3v) is 6.33. The van der Waals surface area contributed by atoms with Crippen molar-refractivity contribution < 1.29 is 18.7 Å². The molecule has 2 aliphatic heterocycles. The number of hydrogen-bond acceptors (Lipinski definition) is 7. The summed E-state index contributed by atoms with van der Waals surface area (Å²) in [5, 5.41) is 8.03. The molecule has 0 bridgehead atoms. The van der Waals surface area contributed by atoms with Gasteiger partial charge in [-0.2, -0.15) is 0 Å². The molecule has 0 unspecified atom stereocenters. The first-order valence-corrected chi connectivity index (χ1v) is 11.4. The van der Waals surface area contributed by atoms with Crippen LogP contribution in [0.25, 0.3) is 0 Å². The Bertz CT molecular complexity index is 971. The molecular weight excluding hydrogens is 427 g/mol. The topological polar surface area (TPSA) is 83.8 Å². The van der Waals surface area contributed by atoms with Crippen molar-refractivity contribution in [3.05, 3.63) is 42.0 Å². The second kappa shape index (κ2) is 9.86. The molecule has 2 atom stereocenters. The van der Waals surface area contributed by atoms with Crippen LogP contribution in [0.5, 0.6) is 0 Å². The fraction of sp³-hybridized carbons (Fsp3) is 0.565. The van der Waals surface area contributed by atoms with Gasteiger partial charge < -0.3 is 14.5 Å². The lowest BCUT2D eigenvalue weighted by molar-refractivity contribution is -0.136. The van der Waals surface area contributed by atoms with Crippen molar-refractivity contribution in [3.63, 3.8) is 0 Å². The molecule has 9 nitrogen and oxygen atoms in total. The highest BCUT2D eigenvalue weighted by Crippen LogP contribution is 2.29.